The first-order chi connectivity index (χ1) is 30.5. The molecule has 1 spiro atoms. The summed E-state index contributed by atoms with van der Waals surface area (Å²) in [6.45, 7) is 13.2. The maximum atomic E-state index is 13.4. The number of rotatable bonds is 28. The topological polar surface area (TPSA) is 212 Å². The van der Waals surface area contributed by atoms with Gasteiger partial charge in [-0.1, -0.05) is 6.07 Å². The second kappa shape index (κ2) is 25.5. The van der Waals surface area contributed by atoms with Crippen molar-refractivity contribution in [1.29, 1.82) is 0 Å². The van der Waals surface area contributed by atoms with Crippen molar-refractivity contribution in [3.63, 3.8) is 0 Å². The number of esters is 1. The highest BCUT2D eigenvalue weighted by atomic mass is 32.1. The smallest absolute Gasteiger partial charge is 0.407 e. The zero-order valence-corrected chi connectivity index (χ0v) is 36.9. The molecule has 0 atom stereocenters. The van der Waals surface area contributed by atoms with Crippen LogP contribution in [-0.2, 0) is 53.0 Å². The van der Waals surface area contributed by atoms with Crippen LogP contribution < -0.4 is 20.7 Å². The first-order valence-corrected chi connectivity index (χ1v) is 21.2. The molecule has 1 amide bonds. The predicted molar refractivity (Wildman–Crippen MR) is 233 cm³/mol. The Labute approximate surface area is 372 Å². The van der Waals surface area contributed by atoms with E-state index in [0.717, 1.165) is 0 Å². The second-order valence-corrected chi connectivity index (χ2v) is 15.4. The highest BCUT2D eigenvalue weighted by molar-refractivity contribution is 7.80. The van der Waals surface area contributed by atoms with Gasteiger partial charge in [0.1, 0.15) is 28.6 Å². The van der Waals surface area contributed by atoms with Crippen LogP contribution in [0.4, 0.5) is 10.5 Å². The van der Waals surface area contributed by atoms with Crippen LogP contribution in [0.1, 0.15) is 47.8 Å². The van der Waals surface area contributed by atoms with E-state index in [4.69, 9.17) is 64.3 Å². The van der Waals surface area contributed by atoms with Gasteiger partial charge in [-0.25, -0.2) is 9.59 Å². The van der Waals surface area contributed by atoms with Crippen molar-refractivity contribution >= 4 is 35.1 Å². The van der Waals surface area contributed by atoms with E-state index in [1.165, 1.54) is 24.3 Å². The van der Waals surface area contributed by atoms with Gasteiger partial charge in [-0.05, 0) is 69.4 Å². The van der Waals surface area contributed by atoms with Gasteiger partial charge in [0.2, 0.25) is 0 Å². The molecule has 0 saturated heterocycles. The van der Waals surface area contributed by atoms with Crippen molar-refractivity contribution in [1.82, 2.24) is 10.6 Å². The lowest BCUT2D eigenvalue weighted by atomic mass is 9.77. The summed E-state index contributed by atoms with van der Waals surface area (Å²) in [5.74, 6) is 0.0530. The molecule has 63 heavy (non-hydrogen) atoms. The van der Waals surface area contributed by atoms with E-state index in [0.29, 0.717) is 163 Å². The van der Waals surface area contributed by atoms with Crippen LogP contribution in [0, 0.1) is 0 Å². The quantitative estimate of drug-likeness (QED) is 0.0383. The maximum Gasteiger partial charge on any atom is 0.407 e. The highest BCUT2D eigenvalue weighted by Gasteiger charge is 2.53. The van der Waals surface area contributed by atoms with Gasteiger partial charge in [-0.3, -0.25) is 0 Å². The molecule has 3 aromatic carbocycles. The first kappa shape index (κ1) is 49.2. The van der Waals surface area contributed by atoms with E-state index in [2.05, 4.69) is 16.0 Å². The number of amides is 1. The van der Waals surface area contributed by atoms with Crippen LogP contribution in [0.2, 0.25) is 0 Å². The molecule has 2 heterocycles. The first-order valence-electron chi connectivity index (χ1n) is 20.8. The van der Waals surface area contributed by atoms with Gasteiger partial charge in [0.15, 0.2) is 10.7 Å². The van der Waals surface area contributed by atoms with Crippen LogP contribution in [0.3, 0.4) is 0 Å². The van der Waals surface area contributed by atoms with Gasteiger partial charge >= 0.3 is 12.1 Å². The molecule has 18 nitrogen and oxygen atoms in total. The maximum absolute atomic E-state index is 13.4. The number of phenolic OH excluding ortho intramolecular Hbond substituents is 2. The van der Waals surface area contributed by atoms with Crippen molar-refractivity contribution in [3.8, 4) is 23.0 Å². The Bertz CT molecular complexity index is 1880. The minimum absolute atomic E-state index is 0.0143. The molecule has 0 aliphatic carbocycles. The van der Waals surface area contributed by atoms with Crippen molar-refractivity contribution in [3.05, 3.63) is 76.9 Å². The number of nitrogens with one attached hydrogen (secondary N) is 3. The number of carbonyl (C=O) groups is 2. The fourth-order valence-corrected chi connectivity index (χ4v) is 6.60. The number of carbonyl (C=O) groups excluding carboxylic acids is 2. The lowest BCUT2D eigenvalue weighted by Gasteiger charge is -2.36. The molecule has 5 N–H and O–H groups in total. The summed E-state index contributed by atoms with van der Waals surface area (Å²) < 4.78 is 61.3. The number of anilines is 1. The molecule has 0 radical (unpaired) electrons. The number of phenols is 2. The lowest BCUT2D eigenvalue weighted by molar-refractivity contribution is -0.0229. The predicted octanol–water partition coefficient (Wildman–Crippen LogP) is 4.61. The van der Waals surface area contributed by atoms with Crippen LogP contribution >= 0.6 is 12.2 Å². The average molecular weight is 902 g/mol. The van der Waals surface area contributed by atoms with Crippen molar-refractivity contribution in [2.45, 2.75) is 32.0 Å². The number of ether oxygens (including phenoxy) is 11. The van der Waals surface area contributed by atoms with Crippen LogP contribution in [0.15, 0.2) is 54.6 Å². The largest absolute Gasteiger partial charge is 0.508 e. The Morgan fingerprint density at radius 3 is 1.46 bits per heavy atom. The van der Waals surface area contributed by atoms with Gasteiger partial charge < -0.3 is 78.3 Å². The Balaban J connectivity index is 0.804. The summed E-state index contributed by atoms with van der Waals surface area (Å²) >= 11 is 5.46. The molecular weight excluding hydrogens is 843 g/mol. The molecule has 0 bridgehead atoms. The minimum Gasteiger partial charge on any atom is -0.508 e. The van der Waals surface area contributed by atoms with Gasteiger partial charge in [0.25, 0.3) is 0 Å². The number of fused-ring (bicyclic) bond motifs is 6. The van der Waals surface area contributed by atoms with Gasteiger partial charge in [-0.2, -0.15) is 0 Å². The molecule has 19 heteroatoms. The second-order valence-electron chi connectivity index (χ2n) is 15.0. The molecule has 0 saturated carbocycles. The minimum atomic E-state index is -1.34. The molecule has 0 unspecified atom stereocenters. The number of aromatic hydroxyl groups is 2. The van der Waals surface area contributed by atoms with Gasteiger partial charge in [0, 0.05) is 47.6 Å². The number of thiocarbonyl (C=S) groups is 1. The van der Waals surface area contributed by atoms with Crippen LogP contribution in [0.25, 0.3) is 0 Å². The summed E-state index contributed by atoms with van der Waals surface area (Å²) in [7, 11) is 0. The molecule has 346 valence electrons. The van der Waals surface area contributed by atoms with Crippen molar-refractivity contribution in [2.24, 2.45) is 0 Å². The summed E-state index contributed by atoms with van der Waals surface area (Å²) in [6.07, 6.45) is -0.464. The Morgan fingerprint density at radius 2 is 1.02 bits per heavy atom. The van der Waals surface area contributed by atoms with Crippen LogP contribution in [-0.4, -0.2) is 152 Å². The monoisotopic (exact) mass is 901 g/mol. The zero-order valence-electron chi connectivity index (χ0n) is 36.0. The highest BCUT2D eigenvalue weighted by Crippen LogP contribution is 2.57. The van der Waals surface area contributed by atoms with E-state index < -0.39 is 23.3 Å². The summed E-state index contributed by atoms with van der Waals surface area (Å²) in [6, 6.07) is 14.5. The fraction of sp³-hybridized carbons (Fsp3) is 0.523. The number of hydrogen-bond donors (Lipinski definition) is 5. The number of alkyl carbamates (subject to hydrolysis) is 1. The fourth-order valence-electron chi connectivity index (χ4n) is 6.38. The van der Waals surface area contributed by atoms with E-state index >= 15 is 0 Å². The third-order valence-corrected chi connectivity index (χ3v) is 9.33. The summed E-state index contributed by atoms with van der Waals surface area (Å²) in [5, 5.41) is 29.4. The number of hydrogen-bond acceptors (Lipinski definition) is 16. The third kappa shape index (κ3) is 15.7. The third-order valence-electron chi connectivity index (χ3n) is 9.08. The molecule has 5 rings (SSSR count). The lowest BCUT2D eigenvalue weighted by Crippen LogP contribution is -2.34. The SMILES string of the molecule is CC(C)(C)OC(=O)NCCOCCOCCOCCOCCOCCOCCOCCOCCNC(=S)Nc1ccc2c(c1)C(=O)OC21c2ccc(O)cc2Oc2cc(O)ccc21. The molecule has 3 aromatic rings. The van der Waals surface area contributed by atoms with Gasteiger partial charge in [-0.15, -0.1) is 0 Å². The Hall–Kier alpha value is -4.83. The molecule has 0 aromatic heterocycles. The van der Waals surface area contributed by atoms with E-state index in [9.17, 15) is 19.8 Å². The average Bonchev–Trinajstić information content (AvgIpc) is 3.51. The normalized spacial score (nSPS) is 13.4. The molecule has 2 aliphatic rings. The zero-order chi connectivity index (χ0) is 44.9. The molecular formula is C44H59N3O15S. The standard InChI is InChI=1S/C44H59N3O15S/c1-43(2,3)62-42(51)46-11-13-53-15-17-55-19-21-57-23-25-59-27-26-58-24-22-56-20-18-54-16-14-52-12-10-45-41(63)47-31-4-7-35-34(28-31)40(50)61-44(35)36-8-5-32(48)29-38(36)60-39-30-33(49)6-9-37(39)44/h4-9,28-30,48-49H,10-27H2,1-3H3,(H,46,51)(H2,45,47,63). The van der Waals surface area contributed by atoms with E-state index in [1.807, 2.05) is 20.8 Å². The van der Waals surface area contributed by atoms with Crippen molar-refractivity contribution < 1.29 is 71.9 Å². The van der Waals surface area contributed by atoms with Crippen molar-refractivity contribution in [2.75, 3.05) is 124 Å². The van der Waals surface area contributed by atoms with E-state index in [1.54, 1.807) is 30.3 Å². The summed E-state index contributed by atoms with van der Waals surface area (Å²) in [4.78, 5) is 24.9. The Morgan fingerprint density at radius 1 is 0.603 bits per heavy atom. The molecule has 0 fully saturated rings. The Kier molecular flexibility index (Phi) is 19.9. The van der Waals surface area contributed by atoms with Crippen LogP contribution in [0.5, 0.6) is 23.0 Å². The summed E-state index contributed by atoms with van der Waals surface area (Å²) in [5.41, 5.74) is 0.752. The number of benzene rings is 3. The van der Waals surface area contributed by atoms with Gasteiger partial charge in [0.05, 0.1) is 111 Å². The van der Waals surface area contributed by atoms with E-state index in [-0.39, 0.29) is 11.5 Å². The molecule has 2 aliphatic heterocycles.